The normalized spacial score (nSPS) is 46.2. The van der Waals surface area contributed by atoms with Crippen molar-refractivity contribution in [2.45, 2.75) is 37.8 Å². The molecule has 86 valence electrons. The Kier molecular flexibility index (Phi) is 3.05. The monoisotopic (exact) mass is 273 g/mol. The van der Waals surface area contributed by atoms with E-state index in [0.717, 1.165) is 42.9 Å². The molecule has 2 nitrogen and oxygen atoms in total. The third kappa shape index (κ3) is 1.98. The van der Waals surface area contributed by atoms with E-state index in [-0.39, 0.29) is 0 Å². The highest BCUT2D eigenvalue weighted by Gasteiger charge is 2.43. The molecule has 4 atom stereocenters. The van der Waals surface area contributed by atoms with Gasteiger partial charge < -0.3 is 4.74 Å². The molecule has 0 N–H and O–H groups in total. The second-order valence-corrected chi connectivity index (χ2v) is 6.03. The molecule has 1 aliphatic heterocycles. The van der Waals surface area contributed by atoms with Crippen molar-refractivity contribution in [3.8, 4) is 0 Å². The van der Waals surface area contributed by atoms with Gasteiger partial charge in [-0.25, -0.2) is 0 Å². The van der Waals surface area contributed by atoms with Crippen LogP contribution in [0.2, 0.25) is 0 Å². The number of rotatable bonds is 2. The fourth-order valence-electron chi connectivity index (χ4n) is 3.80. The highest BCUT2D eigenvalue weighted by atomic mass is 79.9. The molecule has 0 aromatic carbocycles. The molecule has 3 aliphatic rings. The molecule has 3 heteroatoms. The van der Waals surface area contributed by atoms with Gasteiger partial charge in [0.2, 0.25) is 0 Å². The Bertz CT molecular complexity index is 236. The zero-order valence-electron chi connectivity index (χ0n) is 9.20. The van der Waals surface area contributed by atoms with E-state index in [4.69, 9.17) is 4.74 Å². The first-order valence-corrected chi connectivity index (χ1v) is 7.40. The van der Waals surface area contributed by atoms with E-state index in [1.54, 1.807) is 0 Å². The van der Waals surface area contributed by atoms with Crippen LogP contribution in [0.25, 0.3) is 0 Å². The molecule has 2 saturated carbocycles. The van der Waals surface area contributed by atoms with Crippen LogP contribution in [0.3, 0.4) is 0 Å². The van der Waals surface area contributed by atoms with Gasteiger partial charge in [-0.3, -0.25) is 4.90 Å². The minimum absolute atomic E-state index is 0.429. The minimum Gasteiger partial charge on any atom is -0.375 e. The van der Waals surface area contributed by atoms with E-state index in [9.17, 15) is 0 Å². The van der Waals surface area contributed by atoms with Crippen LogP contribution in [-0.2, 0) is 4.74 Å². The van der Waals surface area contributed by atoms with Crippen LogP contribution in [0.1, 0.15) is 25.7 Å². The van der Waals surface area contributed by atoms with Gasteiger partial charge in [0.15, 0.2) is 0 Å². The predicted octanol–water partition coefficient (Wildman–Crippen LogP) is 2.27. The average molecular weight is 274 g/mol. The first-order valence-electron chi connectivity index (χ1n) is 6.28. The van der Waals surface area contributed by atoms with Gasteiger partial charge in [0.05, 0.1) is 12.7 Å². The first kappa shape index (κ1) is 10.5. The van der Waals surface area contributed by atoms with E-state index in [0.29, 0.717) is 6.10 Å². The fourth-order valence-corrected chi connectivity index (χ4v) is 4.19. The number of hydrogen-bond acceptors (Lipinski definition) is 2. The van der Waals surface area contributed by atoms with Crippen LogP contribution in [0, 0.1) is 11.8 Å². The van der Waals surface area contributed by atoms with Gasteiger partial charge in [-0.2, -0.15) is 0 Å². The van der Waals surface area contributed by atoms with Crippen LogP contribution < -0.4 is 0 Å². The molecular formula is C12H20BrNO. The molecule has 1 heterocycles. The van der Waals surface area contributed by atoms with Crippen LogP contribution in [0.5, 0.6) is 0 Å². The SMILES string of the molecule is BrCC1CN(C2CC3CCC2C3)CCO1. The van der Waals surface area contributed by atoms with E-state index >= 15 is 0 Å². The Morgan fingerprint density at radius 1 is 1.27 bits per heavy atom. The number of nitrogens with zero attached hydrogens (tertiary/aromatic N) is 1. The lowest BCUT2D eigenvalue weighted by atomic mass is 9.93. The molecule has 2 aliphatic carbocycles. The maximum Gasteiger partial charge on any atom is 0.0799 e. The molecule has 0 amide bonds. The van der Waals surface area contributed by atoms with Gasteiger partial charge in [-0.15, -0.1) is 0 Å². The van der Waals surface area contributed by atoms with Crippen molar-refractivity contribution in [3.63, 3.8) is 0 Å². The Balaban J connectivity index is 1.62. The predicted molar refractivity (Wildman–Crippen MR) is 64.3 cm³/mol. The molecule has 2 bridgehead atoms. The standard InChI is InChI=1S/C12H20BrNO/c13-7-11-8-14(3-4-15-11)12-6-9-1-2-10(12)5-9/h9-12H,1-8H2. The number of morpholine rings is 1. The summed E-state index contributed by atoms with van der Waals surface area (Å²) in [4.78, 5) is 2.71. The van der Waals surface area contributed by atoms with Crippen LogP contribution in [0.4, 0.5) is 0 Å². The lowest BCUT2D eigenvalue weighted by Gasteiger charge is -2.39. The topological polar surface area (TPSA) is 12.5 Å². The zero-order valence-corrected chi connectivity index (χ0v) is 10.8. The van der Waals surface area contributed by atoms with Gasteiger partial charge in [0, 0.05) is 24.5 Å². The van der Waals surface area contributed by atoms with Gasteiger partial charge in [-0.1, -0.05) is 22.4 Å². The highest BCUT2D eigenvalue weighted by Crippen LogP contribution is 2.46. The summed E-state index contributed by atoms with van der Waals surface area (Å²) in [6, 6.07) is 0.897. The van der Waals surface area contributed by atoms with Crippen molar-refractivity contribution in [2.75, 3.05) is 25.0 Å². The largest absolute Gasteiger partial charge is 0.375 e. The highest BCUT2D eigenvalue weighted by molar-refractivity contribution is 9.09. The number of ether oxygens (including phenoxy) is 1. The molecule has 15 heavy (non-hydrogen) atoms. The summed E-state index contributed by atoms with van der Waals surface area (Å²) in [7, 11) is 0. The van der Waals surface area contributed by atoms with Gasteiger partial charge in [0.1, 0.15) is 0 Å². The summed E-state index contributed by atoms with van der Waals surface area (Å²) in [5.74, 6) is 2.08. The van der Waals surface area contributed by atoms with Crippen molar-refractivity contribution < 1.29 is 4.74 Å². The summed E-state index contributed by atoms with van der Waals surface area (Å²) < 4.78 is 5.71. The molecule has 4 unspecified atom stereocenters. The number of halogens is 1. The van der Waals surface area contributed by atoms with E-state index in [1.165, 1.54) is 25.7 Å². The van der Waals surface area contributed by atoms with Crippen LogP contribution in [0.15, 0.2) is 0 Å². The van der Waals surface area contributed by atoms with Crippen LogP contribution in [-0.4, -0.2) is 42.1 Å². The van der Waals surface area contributed by atoms with E-state index in [1.807, 2.05) is 0 Å². The van der Waals surface area contributed by atoms with Gasteiger partial charge in [-0.05, 0) is 31.1 Å². The second-order valence-electron chi connectivity index (χ2n) is 5.38. The third-order valence-electron chi connectivity index (χ3n) is 4.51. The summed E-state index contributed by atoms with van der Waals surface area (Å²) in [6.45, 7) is 3.25. The fraction of sp³-hybridized carbons (Fsp3) is 1.00. The van der Waals surface area contributed by atoms with Crippen LogP contribution >= 0.6 is 15.9 Å². The summed E-state index contributed by atoms with van der Waals surface area (Å²) in [5, 5.41) is 0.990. The maximum atomic E-state index is 5.71. The minimum atomic E-state index is 0.429. The van der Waals surface area contributed by atoms with E-state index in [2.05, 4.69) is 20.8 Å². The van der Waals surface area contributed by atoms with Crippen molar-refractivity contribution >= 4 is 15.9 Å². The quantitative estimate of drug-likeness (QED) is 0.716. The lowest BCUT2D eigenvalue weighted by Crippen LogP contribution is -2.49. The molecule has 0 aromatic heterocycles. The second kappa shape index (κ2) is 4.34. The summed E-state index contributed by atoms with van der Waals surface area (Å²) in [6.07, 6.45) is 6.41. The molecule has 0 radical (unpaired) electrons. The van der Waals surface area contributed by atoms with Crippen molar-refractivity contribution in [1.82, 2.24) is 4.90 Å². The third-order valence-corrected chi connectivity index (χ3v) is 5.23. The summed E-state index contributed by atoms with van der Waals surface area (Å²) >= 11 is 3.54. The van der Waals surface area contributed by atoms with Gasteiger partial charge in [0.25, 0.3) is 0 Å². The molecule has 0 aromatic rings. The molecule has 3 rings (SSSR count). The average Bonchev–Trinajstić information content (AvgIpc) is 2.91. The van der Waals surface area contributed by atoms with Crippen molar-refractivity contribution in [2.24, 2.45) is 11.8 Å². The number of hydrogen-bond donors (Lipinski definition) is 0. The molecule has 3 fully saturated rings. The first-order chi connectivity index (χ1) is 7.36. The summed E-state index contributed by atoms with van der Waals surface area (Å²) in [5.41, 5.74) is 0. The van der Waals surface area contributed by atoms with Gasteiger partial charge >= 0.3 is 0 Å². The Hall–Kier alpha value is 0.400. The smallest absolute Gasteiger partial charge is 0.0799 e. The van der Waals surface area contributed by atoms with E-state index < -0.39 is 0 Å². The Labute approximate surface area is 100 Å². The number of fused-ring (bicyclic) bond motifs is 2. The Morgan fingerprint density at radius 2 is 2.20 bits per heavy atom. The number of alkyl halides is 1. The zero-order chi connectivity index (χ0) is 10.3. The molecule has 0 spiro atoms. The molecule has 1 saturated heterocycles. The molecular weight excluding hydrogens is 254 g/mol. The maximum absolute atomic E-state index is 5.71. The Morgan fingerprint density at radius 3 is 2.87 bits per heavy atom. The lowest BCUT2D eigenvalue weighted by molar-refractivity contribution is -0.0397. The van der Waals surface area contributed by atoms with Crippen molar-refractivity contribution in [1.29, 1.82) is 0 Å². The van der Waals surface area contributed by atoms with Crippen molar-refractivity contribution in [3.05, 3.63) is 0 Å².